The van der Waals surface area contributed by atoms with E-state index >= 15 is 0 Å². The van der Waals surface area contributed by atoms with Crippen molar-refractivity contribution >= 4 is 24.3 Å². The first-order valence-corrected chi connectivity index (χ1v) is 3.49. The monoisotopic (exact) mass is 175 g/mol. The molecule has 0 aliphatic heterocycles. The Bertz CT molecular complexity index is 251. The summed E-state index contributed by atoms with van der Waals surface area (Å²) in [5, 5.41) is 24.8. The minimum Gasteiger partial charge on any atom is -0.422 e. The second-order valence-electron chi connectivity index (χ2n) is 1.94. The lowest BCUT2D eigenvalue weighted by Crippen LogP contribution is -2.32. The van der Waals surface area contributed by atoms with E-state index in [0.29, 0.717) is 6.54 Å². The number of hydrogen-bond donors (Lipinski definition) is 2. The Labute approximate surface area is 68.7 Å². The largest absolute Gasteiger partial charge is 0.513 e. The van der Waals surface area contributed by atoms with Crippen LogP contribution in [0.25, 0.3) is 0 Å². The Kier molecular flexibility index (Phi) is 2.48. The minimum atomic E-state index is -1.65. The van der Waals surface area contributed by atoms with Gasteiger partial charge in [-0.15, -0.1) is 5.10 Å². The maximum Gasteiger partial charge on any atom is 0.513 e. The van der Waals surface area contributed by atoms with E-state index in [0.717, 1.165) is 0 Å². The molecule has 0 aliphatic carbocycles. The summed E-state index contributed by atoms with van der Waals surface area (Å²) in [4.78, 5) is 1.29. The number of aromatic nitrogens is 3. The van der Waals surface area contributed by atoms with Gasteiger partial charge in [-0.25, -0.2) is 0 Å². The van der Waals surface area contributed by atoms with Gasteiger partial charge in [-0.3, -0.25) is 0 Å². The molecule has 1 aromatic heterocycles. The van der Waals surface area contributed by atoms with Gasteiger partial charge in [0.2, 0.25) is 0 Å². The quantitative estimate of drug-likeness (QED) is 0.544. The van der Waals surface area contributed by atoms with Crippen molar-refractivity contribution in [2.45, 2.75) is 13.5 Å². The average molecular weight is 175 g/mol. The van der Waals surface area contributed by atoms with Crippen LogP contribution in [0.3, 0.4) is 0 Å². The molecule has 0 atom stereocenters. The molecule has 1 aromatic rings. The van der Waals surface area contributed by atoms with Crippen molar-refractivity contribution in [1.29, 1.82) is 0 Å². The first kappa shape index (κ1) is 8.51. The number of aryl methyl sites for hydroxylation is 1. The van der Waals surface area contributed by atoms with Crippen molar-refractivity contribution in [3.63, 3.8) is 0 Å². The van der Waals surface area contributed by atoms with Crippen LogP contribution in [0.1, 0.15) is 6.92 Å². The minimum absolute atomic E-state index is 0.00600. The molecule has 0 fully saturated rings. The third kappa shape index (κ3) is 1.71. The van der Waals surface area contributed by atoms with Crippen LogP contribution < -0.4 is 5.59 Å². The first-order valence-electron chi connectivity index (χ1n) is 3.11. The van der Waals surface area contributed by atoms with Crippen molar-refractivity contribution in [2.75, 3.05) is 0 Å². The molecule has 0 aliphatic rings. The van der Waals surface area contributed by atoms with Crippen molar-refractivity contribution in [3.8, 4) is 0 Å². The van der Waals surface area contributed by atoms with Gasteiger partial charge < -0.3 is 10.0 Å². The Morgan fingerprint density at radius 3 is 2.45 bits per heavy atom. The van der Waals surface area contributed by atoms with Crippen LogP contribution in [0.15, 0.2) is 0 Å². The molecule has 0 saturated carbocycles. The van der Waals surface area contributed by atoms with Gasteiger partial charge in [0.15, 0.2) is 5.15 Å². The molecule has 2 N–H and O–H groups in total. The third-order valence-electron chi connectivity index (χ3n) is 1.17. The van der Waals surface area contributed by atoms with E-state index in [2.05, 4.69) is 10.2 Å². The van der Waals surface area contributed by atoms with Gasteiger partial charge in [-0.2, -0.15) is 9.90 Å². The molecule has 0 aromatic carbocycles. The van der Waals surface area contributed by atoms with Gasteiger partial charge in [0.05, 0.1) is 6.54 Å². The van der Waals surface area contributed by atoms with Crippen molar-refractivity contribution in [3.05, 3.63) is 5.15 Å². The molecular weight excluding hydrogens is 168 g/mol. The first-order chi connectivity index (χ1) is 5.15. The molecule has 0 unspecified atom stereocenters. The summed E-state index contributed by atoms with van der Waals surface area (Å²) in [6.07, 6.45) is 0. The van der Waals surface area contributed by atoms with Crippen molar-refractivity contribution in [1.82, 2.24) is 15.0 Å². The van der Waals surface area contributed by atoms with E-state index in [1.165, 1.54) is 4.80 Å². The lowest BCUT2D eigenvalue weighted by Gasteiger charge is -1.90. The van der Waals surface area contributed by atoms with E-state index in [9.17, 15) is 0 Å². The zero-order valence-corrected chi connectivity index (χ0v) is 6.65. The van der Waals surface area contributed by atoms with Gasteiger partial charge in [-0.05, 0) is 6.92 Å². The maximum atomic E-state index is 8.67. The molecule has 1 heterocycles. The fourth-order valence-electron chi connectivity index (χ4n) is 0.640. The predicted molar refractivity (Wildman–Crippen MR) is 40.5 cm³/mol. The van der Waals surface area contributed by atoms with E-state index in [4.69, 9.17) is 21.6 Å². The number of halogens is 1. The second-order valence-corrected chi connectivity index (χ2v) is 2.30. The van der Waals surface area contributed by atoms with Crippen molar-refractivity contribution in [2.24, 2.45) is 0 Å². The van der Waals surface area contributed by atoms with Crippen molar-refractivity contribution < 1.29 is 10.0 Å². The van der Waals surface area contributed by atoms with Crippen LogP contribution in [-0.4, -0.2) is 32.2 Å². The molecule has 1 rings (SSSR count). The summed E-state index contributed by atoms with van der Waals surface area (Å²) in [7, 11) is -1.65. The lowest BCUT2D eigenvalue weighted by atomic mass is 9.87. The van der Waals surface area contributed by atoms with E-state index in [-0.39, 0.29) is 10.7 Å². The highest BCUT2D eigenvalue weighted by Gasteiger charge is 2.20. The maximum absolute atomic E-state index is 8.67. The predicted octanol–water partition coefficient (Wildman–Crippen LogP) is -1.37. The molecule has 0 saturated heterocycles. The summed E-state index contributed by atoms with van der Waals surface area (Å²) < 4.78 is 0. The summed E-state index contributed by atoms with van der Waals surface area (Å²) >= 11 is 5.50. The van der Waals surface area contributed by atoms with Crippen LogP contribution in [0.2, 0.25) is 5.15 Å². The zero-order valence-electron chi connectivity index (χ0n) is 5.90. The Balaban J connectivity index is 2.97. The fourth-order valence-corrected chi connectivity index (χ4v) is 0.863. The summed E-state index contributed by atoms with van der Waals surface area (Å²) in [6.45, 7) is 2.37. The average Bonchev–Trinajstić information content (AvgIpc) is 2.30. The SMILES string of the molecule is CCn1nc(Cl)c(B(O)O)n1. The second kappa shape index (κ2) is 3.21. The highest BCUT2D eigenvalue weighted by atomic mass is 35.5. The molecule has 5 nitrogen and oxygen atoms in total. The molecule has 0 spiro atoms. The molecule has 11 heavy (non-hydrogen) atoms. The Morgan fingerprint density at radius 1 is 1.55 bits per heavy atom. The smallest absolute Gasteiger partial charge is 0.422 e. The summed E-state index contributed by atoms with van der Waals surface area (Å²) in [5.74, 6) is 0. The van der Waals surface area contributed by atoms with Gasteiger partial charge in [-0.1, -0.05) is 11.6 Å². The standard InChI is InChI=1S/C4H7BClN3O2/c1-2-9-7-3(5(10)11)4(6)8-9/h10-11H,2H2,1H3. The summed E-state index contributed by atoms with van der Waals surface area (Å²) in [6, 6.07) is 0. The number of hydrogen-bond acceptors (Lipinski definition) is 4. The Morgan fingerprint density at radius 2 is 2.18 bits per heavy atom. The molecule has 7 heteroatoms. The van der Waals surface area contributed by atoms with Gasteiger partial charge in [0.25, 0.3) is 0 Å². The molecule has 0 bridgehead atoms. The Hall–Kier alpha value is -0.585. The van der Waals surface area contributed by atoms with E-state index in [1.54, 1.807) is 0 Å². The van der Waals surface area contributed by atoms with Crippen LogP contribution in [0.4, 0.5) is 0 Å². The van der Waals surface area contributed by atoms with E-state index in [1.807, 2.05) is 6.92 Å². The van der Waals surface area contributed by atoms with E-state index < -0.39 is 7.12 Å². The van der Waals surface area contributed by atoms with Gasteiger partial charge in [0.1, 0.15) is 5.59 Å². The highest BCUT2D eigenvalue weighted by molar-refractivity contribution is 6.61. The molecule has 60 valence electrons. The van der Waals surface area contributed by atoms with Crippen LogP contribution in [0.5, 0.6) is 0 Å². The highest BCUT2D eigenvalue weighted by Crippen LogP contribution is 1.97. The molecular formula is C4H7BClN3O2. The summed E-state index contributed by atoms with van der Waals surface area (Å²) in [5.41, 5.74) is -0.00600. The van der Waals surface area contributed by atoms with Gasteiger partial charge >= 0.3 is 7.12 Å². The number of rotatable bonds is 2. The third-order valence-corrected chi connectivity index (χ3v) is 1.43. The van der Waals surface area contributed by atoms with Gasteiger partial charge in [0, 0.05) is 0 Å². The zero-order chi connectivity index (χ0) is 8.43. The van der Waals surface area contributed by atoms with Crippen LogP contribution >= 0.6 is 11.6 Å². The van der Waals surface area contributed by atoms with Crippen LogP contribution in [-0.2, 0) is 6.54 Å². The topological polar surface area (TPSA) is 71.2 Å². The molecule has 0 amide bonds. The normalized spacial score (nSPS) is 10.2. The van der Waals surface area contributed by atoms with Crippen LogP contribution in [0, 0.1) is 0 Å². The number of nitrogens with zero attached hydrogens (tertiary/aromatic N) is 3. The molecule has 0 radical (unpaired) electrons. The lowest BCUT2D eigenvalue weighted by molar-refractivity contribution is 0.423. The fraction of sp³-hybridized carbons (Fsp3) is 0.500.